The Morgan fingerprint density at radius 1 is 0.212 bits per heavy atom. The molecule has 0 unspecified atom stereocenters. The third kappa shape index (κ3) is 18.4. The van der Waals surface area contributed by atoms with E-state index < -0.39 is 59.6 Å². The van der Waals surface area contributed by atoms with Crippen molar-refractivity contribution in [3.8, 4) is 90.5 Å². The predicted molar refractivity (Wildman–Crippen MR) is 399 cm³/mol. The van der Waals surface area contributed by atoms with Crippen LogP contribution < -0.4 is 37.9 Å². The number of carbonyl (C=O) groups is 8. The first-order valence-electron chi connectivity index (χ1n) is 32.5. The number of hydrogen-bond acceptors (Lipinski definition) is 16. The van der Waals surface area contributed by atoms with Crippen LogP contribution in [0.15, 0.2) is 291 Å². The highest BCUT2D eigenvalue weighted by molar-refractivity contribution is 5.94. The van der Waals surface area contributed by atoms with Crippen molar-refractivity contribution in [3.63, 3.8) is 0 Å². The van der Waals surface area contributed by atoms with Gasteiger partial charge >= 0.3 is 47.8 Å². The Morgan fingerprint density at radius 2 is 0.365 bits per heavy atom. The van der Waals surface area contributed by atoms with E-state index in [0.717, 1.165) is 0 Å². The van der Waals surface area contributed by atoms with Gasteiger partial charge in [0.2, 0.25) is 0 Å². The molecule has 16 nitrogen and oxygen atoms in total. The minimum absolute atomic E-state index is 0.0811. The number of benzene rings is 9. The summed E-state index contributed by atoms with van der Waals surface area (Å²) in [4.78, 5) is 106. The van der Waals surface area contributed by atoms with Crippen molar-refractivity contribution in [2.45, 2.75) is 67.2 Å². The molecule has 9 aromatic carbocycles. The van der Waals surface area contributed by atoms with Gasteiger partial charge in [0.1, 0.15) is 46.0 Å². The second kappa shape index (κ2) is 32.8. The van der Waals surface area contributed by atoms with Gasteiger partial charge < -0.3 is 37.9 Å². The van der Waals surface area contributed by atoms with Crippen LogP contribution in [0.5, 0.6) is 46.0 Å². The minimum Gasteiger partial charge on any atom is -0.423 e. The first-order chi connectivity index (χ1) is 49.4. The lowest BCUT2D eigenvalue weighted by Gasteiger charge is -2.27. The Morgan fingerprint density at radius 3 is 0.529 bits per heavy atom. The largest absolute Gasteiger partial charge is 0.423 e. The Hall–Kier alpha value is -13.3. The summed E-state index contributed by atoms with van der Waals surface area (Å²) >= 11 is 0. The first kappa shape index (κ1) is 74.9. The van der Waals surface area contributed by atoms with Crippen LogP contribution in [-0.2, 0) is 38.4 Å². The second-order valence-corrected chi connectivity index (χ2v) is 25.0. The summed E-state index contributed by atoms with van der Waals surface area (Å²) < 4.78 is 47.4. The maximum atomic E-state index is 14.0. The van der Waals surface area contributed by atoms with Crippen molar-refractivity contribution in [2.75, 3.05) is 0 Å². The molecule has 0 amide bonds. The van der Waals surface area contributed by atoms with Gasteiger partial charge in [0.15, 0.2) is 0 Å². The summed E-state index contributed by atoms with van der Waals surface area (Å²) in [5.41, 5.74) is 8.62. The summed E-state index contributed by atoms with van der Waals surface area (Å²) in [7, 11) is 0. The highest BCUT2D eigenvalue weighted by Crippen LogP contribution is 2.49. The van der Waals surface area contributed by atoms with Crippen LogP contribution >= 0.6 is 0 Å². The van der Waals surface area contributed by atoms with Gasteiger partial charge in [0.05, 0.1) is 0 Å². The maximum absolute atomic E-state index is 14.0. The molecule has 0 aliphatic carbocycles. The smallest absolute Gasteiger partial charge is 0.338 e. The Bertz CT molecular complexity index is 4430. The number of esters is 8. The number of hydrogen-bond donors (Lipinski definition) is 0. The van der Waals surface area contributed by atoms with E-state index in [9.17, 15) is 38.4 Å². The fourth-order valence-corrected chi connectivity index (χ4v) is 10.5. The lowest BCUT2D eigenvalue weighted by molar-refractivity contribution is -0.131. The van der Waals surface area contributed by atoms with E-state index in [0.29, 0.717) is 77.9 Å². The molecular weight excluding hydrogens is 1310 g/mol. The molecule has 0 aromatic heterocycles. The minimum atomic E-state index is -1.06. The fourth-order valence-electron chi connectivity index (χ4n) is 10.5. The van der Waals surface area contributed by atoms with Crippen molar-refractivity contribution < 1.29 is 76.3 Å². The van der Waals surface area contributed by atoms with Gasteiger partial charge in [-0.3, -0.25) is 0 Å². The monoisotopic (exact) mass is 1390 g/mol. The molecule has 16 heteroatoms. The van der Waals surface area contributed by atoms with Gasteiger partial charge in [-0.05, 0) is 208 Å². The van der Waals surface area contributed by atoms with Crippen LogP contribution in [0, 0.1) is 0 Å². The topological polar surface area (TPSA) is 210 Å². The summed E-state index contributed by atoms with van der Waals surface area (Å²) in [5, 5.41) is 0. The first-order valence-corrected chi connectivity index (χ1v) is 32.5. The van der Waals surface area contributed by atoms with E-state index in [1.807, 2.05) is 48.5 Å². The van der Waals surface area contributed by atoms with E-state index >= 15 is 0 Å². The molecule has 0 spiro atoms. The van der Waals surface area contributed by atoms with Crippen LogP contribution in [0.3, 0.4) is 0 Å². The number of carbonyl (C=O) groups excluding carboxylic acids is 8. The second-order valence-electron chi connectivity index (χ2n) is 25.0. The molecule has 0 N–H and O–H groups in total. The molecular formula is C88H74O16. The normalized spacial score (nSPS) is 10.7. The summed E-state index contributed by atoms with van der Waals surface area (Å²) in [5.74, 6) is -6.26. The van der Waals surface area contributed by atoms with Gasteiger partial charge in [0.25, 0.3) is 0 Å². The predicted octanol–water partition coefficient (Wildman–Crippen LogP) is 18.6. The van der Waals surface area contributed by atoms with Crippen LogP contribution in [0.1, 0.15) is 101 Å². The van der Waals surface area contributed by atoms with Gasteiger partial charge in [0, 0.05) is 78.7 Å². The molecule has 0 heterocycles. The molecule has 0 fully saturated rings. The molecule has 9 rings (SSSR count). The van der Waals surface area contributed by atoms with Gasteiger partial charge in [-0.1, -0.05) is 150 Å². The number of ether oxygens (including phenoxy) is 8. The van der Waals surface area contributed by atoms with Crippen LogP contribution in [-0.4, -0.2) is 47.8 Å². The van der Waals surface area contributed by atoms with Gasteiger partial charge in [-0.25, -0.2) is 38.4 Å². The van der Waals surface area contributed by atoms with E-state index in [-0.39, 0.29) is 90.6 Å². The molecule has 522 valence electrons. The molecule has 9 aromatic rings. The molecule has 104 heavy (non-hydrogen) atoms. The zero-order valence-corrected chi connectivity index (χ0v) is 58.8. The zero-order chi connectivity index (χ0) is 75.4. The van der Waals surface area contributed by atoms with Crippen molar-refractivity contribution in [3.05, 3.63) is 325 Å². The molecule has 0 bridgehead atoms. The molecule has 0 aliphatic rings. The molecule has 0 radical (unpaired) electrons. The number of rotatable bonds is 26. The summed E-state index contributed by atoms with van der Waals surface area (Å²) in [6.45, 7) is 42.5. The van der Waals surface area contributed by atoms with E-state index in [2.05, 4.69) is 52.6 Å². The van der Waals surface area contributed by atoms with Crippen molar-refractivity contribution in [1.29, 1.82) is 0 Å². The van der Waals surface area contributed by atoms with Crippen molar-refractivity contribution in [2.24, 2.45) is 0 Å². The third-order valence-corrected chi connectivity index (χ3v) is 16.1. The lowest BCUT2D eigenvalue weighted by atomic mass is 9.79. The van der Waals surface area contributed by atoms with Crippen LogP contribution in [0.4, 0.5) is 0 Å². The van der Waals surface area contributed by atoms with Gasteiger partial charge in [-0.15, -0.1) is 0 Å². The van der Waals surface area contributed by atoms with Gasteiger partial charge in [-0.2, -0.15) is 0 Å². The Kier molecular flexibility index (Phi) is 23.6. The molecule has 0 saturated carbocycles. The Balaban J connectivity index is 1.36. The van der Waals surface area contributed by atoms with E-state index in [4.69, 9.17) is 37.9 Å². The van der Waals surface area contributed by atoms with Crippen LogP contribution in [0.2, 0.25) is 0 Å². The SMILES string of the molecule is C=C(C)C(=O)Oc1ccc(-c2ccc(OC(=O)C(=C)C)c(C(c3ccc(C(c4cc(-c5ccc(OC(=O)C(=C)C)cc5)ccc4OC(=O)C(=C)C)c4cc(-c5ccc(OC(=O)C(=C)C)cc5)ccc4OC(=O)C(=C)C)cc3)c3cc(-c4ccc(OC(=O)C(=C)C)cc4)ccc3OC(=O)C(=C)C)c2)cc1. The average Bonchev–Trinajstić information content (AvgIpc) is 0.771. The average molecular weight is 1390 g/mol. The highest BCUT2D eigenvalue weighted by atomic mass is 16.6. The standard InChI is InChI=1S/C88H74O16/c1-49(2)81(89)97-67-33-21-57(22-34-67)63-29-41-75(101-85(93)53(9)10)71(45-63)79(72-46-64(30-42-76(72)102-86(94)54(11)12)58-23-35-68(36-24-58)98-82(90)50(3)4)61-17-19-62(20-18-61)80(73-47-65(31-43-77(73)103-87(95)55(13)14)59-25-37-69(38-26-59)99-83(91)51(5)6)74-48-66(32-44-78(74)104-88(96)56(15)16)60-27-39-70(40-28-60)100-84(92)52(7)8/h17-48,79-80H,1,3,5,7,9,11,13,15H2,2,4,6,8,10,12,14,16H3. The third-order valence-electron chi connectivity index (χ3n) is 16.1. The zero-order valence-electron chi connectivity index (χ0n) is 58.8. The Labute approximate surface area is 603 Å². The maximum Gasteiger partial charge on any atom is 0.338 e. The molecule has 0 atom stereocenters. The summed E-state index contributed by atoms with van der Waals surface area (Å²) in [6.07, 6.45) is 0. The summed E-state index contributed by atoms with van der Waals surface area (Å²) in [6, 6.07) is 55.2. The van der Waals surface area contributed by atoms with E-state index in [1.165, 1.54) is 55.4 Å². The quantitative estimate of drug-likeness (QED) is 0.0213. The molecule has 0 saturated heterocycles. The highest BCUT2D eigenvalue weighted by Gasteiger charge is 2.32. The lowest BCUT2D eigenvalue weighted by Crippen LogP contribution is -2.16. The van der Waals surface area contributed by atoms with Crippen LogP contribution in [0.25, 0.3) is 44.5 Å². The van der Waals surface area contributed by atoms with Crippen molar-refractivity contribution in [1.82, 2.24) is 0 Å². The molecule has 0 aliphatic heterocycles. The van der Waals surface area contributed by atoms with Crippen molar-refractivity contribution >= 4 is 47.8 Å². The fraction of sp³-hybridized carbons (Fsp3) is 0.114. The van der Waals surface area contributed by atoms with E-state index in [1.54, 1.807) is 146 Å².